The van der Waals surface area contributed by atoms with Crippen LogP contribution in [0.2, 0.25) is 0 Å². The number of rotatable bonds is 6. The molecule has 2 aromatic carbocycles. The second-order valence-corrected chi connectivity index (χ2v) is 11.5. The summed E-state index contributed by atoms with van der Waals surface area (Å²) < 4.78 is 16.9. The van der Waals surface area contributed by atoms with Gasteiger partial charge >= 0.3 is 5.97 Å². The maximum absolute atomic E-state index is 13.9. The van der Waals surface area contributed by atoms with Crippen molar-refractivity contribution in [2.24, 2.45) is 5.92 Å². The van der Waals surface area contributed by atoms with Gasteiger partial charge in [-0.25, -0.2) is 0 Å². The predicted molar refractivity (Wildman–Crippen MR) is 157 cm³/mol. The van der Waals surface area contributed by atoms with Crippen LogP contribution >= 0.6 is 11.3 Å². The van der Waals surface area contributed by atoms with Gasteiger partial charge in [0, 0.05) is 45.7 Å². The Balaban J connectivity index is 1.42. The van der Waals surface area contributed by atoms with Crippen molar-refractivity contribution >= 4 is 34.1 Å². The summed E-state index contributed by atoms with van der Waals surface area (Å²) in [5.41, 5.74) is 3.59. The van der Waals surface area contributed by atoms with Crippen molar-refractivity contribution in [2.45, 2.75) is 38.2 Å². The molecule has 1 N–H and O–H groups in total. The van der Waals surface area contributed by atoms with Gasteiger partial charge in [0.25, 0.3) is 0 Å². The van der Waals surface area contributed by atoms with Crippen molar-refractivity contribution in [1.82, 2.24) is 5.32 Å². The SMILES string of the molecule is C=C1NC2=C(C(=O)CC(c3cccs3)C2)C(c2coc3ccc(C)cc3c2=O)C1C(=O)OCc1ccc(OC)cc1. The molecule has 2 aromatic heterocycles. The Bertz CT molecular complexity index is 1750. The summed E-state index contributed by atoms with van der Waals surface area (Å²) in [5.74, 6) is -1.87. The molecule has 0 saturated carbocycles. The summed E-state index contributed by atoms with van der Waals surface area (Å²) in [6, 6.07) is 16.6. The summed E-state index contributed by atoms with van der Waals surface area (Å²) in [7, 11) is 1.58. The minimum Gasteiger partial charge on any atom is -0.497 e. The monoisotopic (exact) mass is 567 g/mol. The Labute approximate surface area is 241 Å². The molecule has 3 heterocycles. The summed E-state index contributed by atoms with van der Waals surface area (Å²) in [6.07, 6.45) is 2.24. The third-order valence-electron chi connectivity index (χ3n) is 7.87. The van der Waals surface area contributed by atoms with Crippen molar-refractivity contribution < 1.29 is 23.5 Å². The molecule has 1 aliphatic heterocycles. The summed E-state index contributed by atoms with van der Waals surface area (Å²) in [5, 5.41) is 5.67. The molecule has 6 rings (SSSR count). The largest absolute Gasteiger partial charge is 0.497 e. The normalized spacial score (nSPS) is 20.5. The first-order valence-corrected chi connectivity index (χ1v) is 14.3. The number of methoxy groups -OCH3 is 1. The van der Waals surface area contributed by atoms with E-state index in [1.165, 1.54) is 6.26 Å². The van der Waals surface area contributed by atoms with Gasteiger partial charge in [0.1, 0.15) is 23.9 Å². The molecule has 4 aromatic rings. The zero-order chi connectivity index (χ0) is 28.7. The van der Waals surface area contributed by atoms with Gasteiger partial charge < -0.3 is 19.2 Å². The number of thiophene rings is 1. The highest BCUT2D eigenvalue weighted by Crippen LogP contribution is 2.47. The van der Waals surface area contributed by atoms with Gasteiger partial charge in [-0.05, 0) is 54.6 Å². The van der Waals surface area contributed by atoms with E-state index in [1.54, 1.807) is 42.7 Å². The molecular formula is C33H29NO6S. The second kappa shape index (κ2) is 10.9. The highest BCUT2D eigenvalue weighted by molar-refractivity contribution is 7.10. The molecule has 3 unspecified atom stereocenters. The summed E-state index contributed by atoms with van der Waals surface area (Å²) >= 11 is 1.61. The van der Waals surface area contributed by atoms with Crippen LogP contribution in [0.25, 0.3) is 11.0 Å². The van der Waals surface area contributed by atoms with E-state index < -0.39 is 17.8 Å². The number of fused-ring (bicyclic) bond motifs is 1. The van der Waals surface area contributed by atoms with Crippen LogP contribution in [-0.2, 0) is 20.9 Å². The molecule has 8 heteroatoms. The minimum absolute atomic E-state index is 0.0106. The third kappa shape index (κ3) is 5.00. The first kappa shape index (κ1) is 26.8. The predicted octanol–water partition coefficient (Wildman–Crippen LogP) is 6.13. The number of allylic oxidation sites excluding steroid dienone is 2. The molecule has 1 aliphatic carbocycles. The summed E-state index contributed by atoms with van der Waals surface area (Å²) in [4.78, 5) is 42.6. The number of carbonyl (C=O) groups excluding carboxylic acids is 2. The van der Waals surface area contributed by atoms with E-state index in [0.29, 0.717) is 40.1 Å². The van der Waals surface area contributed by atoms with E-state index in [0.717, 1.165) is 16.0 Å². The quantitative estimate of drug-likeness (QED) is 0.280. The maximum atomic E-state index is 13.9. The number of ketones is 1. The number of hydrogen-bond donors (Lipinski definition) is 1. The first-order valence-electron chi connectivity index (χ1n) is 13.4. The van der Waals surface area contributed by atoms with E-state index in [4.69, 9.17) is 13.9 Å². The number of ether oxygens (including phenoxy) is 2. The lowest BCUT2D eigenvalue weighted by Gasteiger charge is -2.39. The molecule has 208 valence electrons. The molecule has 7 nitrogen and oxygen atoms in total. The molecular weight excluding hydrogens is 538 g/mol. The number of hydrogen-bond acceptors (Lipinski definition) is 8. The zero-order valence-electron chi connectivity index (χ0n) is 22.8. The minimum atomic E-state index is -1.00. The second-order valence-electron chi connectivity index (χ2n) is 10.5. The average Bonchev–Trinajstić information content (AvgIpc) is 3.51. The molecule has 2 aliphatic rings. The van der Waals surface area contributed by atoms with E-state index in [-0.39, 0.29) is 35.7 Å². The van der Waals surface area contributed by atoms with E-state index in [2.05, 4.69) is 11.9 Å². The molecule has 0 saturated heterocycles. The van der Waals surface area contributed by atoms with Gasteiger partial charge in [-0.2, -0.15) is 0 Å². The Kier molecular flexibility index (Phi) is 7.09. The number of esters is 1. The van der Waals surface area contributed by atoms with E-state index in [1.807, 2.05) is 42.6 Å². The van der Waals surface area contributed by atoms with Crippen LogP contribution in [0.15, 0.2) is 99.0 Å². The van der Waals surface area contributed by atoms with Crippen LogP contribution in [0.3, 0.4) is 0 Å². The van der Waals surface area contributed by atoms with Crippen molar-refractivity contribution in [3.8, 4) is 5.75 Å². The Morgan fingerprint density at radius 1 is 1.12 bits per heavy atom. The van der Waals surface area contributed by atoms with Crippen LogP contribution in [0.1, 0.15) is 46.2 Å². The lowest BCUT2D eigenvalue weighted by Crippen LogP contribution is -2.43. The Morgan fingerprint density at radius 3 is 2.66 bits per heavy atom. The summed E-state index contributed by atoms with van der Waals surface area (Å²) in [6.45, 7) is 6.09. The molecule has 0 spiro atoms. The lowest BCUT2D eigenvalue weighted by molar-refractivity contribution is -0.149. The maximum Gasteiger partial charge on any atom is 0.316 e. The van der Waals surface area contributed by atoms with Crippen molar-refractivity contribution in [3.05, 3.63) is 122 Å². The fourth-order valence-electron chi connectivity index (χ4n) is 5.83. The fraction of sp³-hybridized carbons (Fsp3) is 0.242. The van der Waals surface area contributed by atoms with Gasteiger partial charge in [-0.1, -0.05) is 36.4 Å². The smallest absolute Gasteiger partial charge is 0.316 e. The van der Waals surface area contributed by atoms with Gasteiger partial charge in [0.2, 0.25) is 0 Å². The molecule has 0 amide bonds. The van der Waals surface area contributed by atoms with E-state index in [9.17, 15) is 14.4 Å². The van der Waals surface area contributed by atoms with Crippen LogP contribution < -0.4 is 15.5 Å². The number of carbonyl (C=O) groups is 2. The van der Waals surface area contributed by atoms with Gasteiger partial charge in [0.15, 0.2) is 11.2 Å². The fourth-order valence-corrected chi connectivity index (χ4v) is 6.66. The van der Waals surface area contributed by atoms with Crippen molar-refractivity contribution in [3.63, 3.8) is 0 Å². The molecule has 41 heavy (non-hydrogen) atoms. The lowest BCUT2D eigenvalue weighted by atomic mass is 9.70. The average molecular weight is 568 g/mol. The van der Waals surface area contributed by atoms with Gasteiger partial charge in [-0.3, -0.25) is 14.4 Å². The topological polar surface area (TPSA) is 94.8 Å². The molecule has 0 bridgehead atoms. The first-order chi connectivity index (χ1) is 19.8. The standard InChI is InChI=1S/C33H29NO6S/c1-18-6-11-27-23(13-18)32(36)24(17-39-27)30-29(33(37)40-16-20-7-9-22(38-3)10-8-20)19(2)34-25-14-21(15-26(35)31(25)30)28-5-4-12-41-28/h4-13,17,21,29-30,34H,2,14-16H2,1,3H3. The molecule has 0 radical (unpaired) electrons. The van der Waals surface area contributed by atoms with Gasteiger partial charge in [-0.15, -0.1) is 11.3 Å². The highest BCUT2D eigenvalue weighted by Gasteiger charge is 2.47. The van der Waals surface area contributed by atoms with Crippen LogP contribution in [0.5, 0.6) is 5.75 Å². The molecule has 0 fully saturated rings. The van der Waals surface area contributed by atoms with Crippen molar-refractivity contribution in [1.29, 1.82) is 0 Å². The van der Waals surface area contributed by atoms with Crippen LogP contribution in [0, 0.1) is 12.8 Å². The highest BCUT2D eigenvalue weighted by atomic mass is 32.1. The van der Waals surface area contributed by atoms with Crippen molar-refractivity contribution in [2.75, 3.05) is 7.11 Å². The number of Topliss-reactive ketones (excluding diaryl/α,β-unsaturated/α-hetero) is 1. The third-order valence-corrected chi connectivity index (χ3v) is 8.90. The van der Waals surface area contributed by atoms with Crippen LogP contribution in [0.4, 0.5) is 0 Å². The van der Waals surface area contributed by atoms with Gasteiger partial charge in [0.05, 0.1) is 18.8 Å². The zero-order valence-corrected chi connectivity index (χ0v) is 23.6. The van der Waals surface area contributed by atoms with Crippen LogP contribution in [-0.4, -0.2) is 18.9 Å². The number of aryl methyl sites for hydroxylation is 1. The Hall–Kier alpha value is -4.43. The number of nitrogens with one attached hydrogen (secondary N) is 1. The Morgan fingerprint density at radius 2 is 1.93 bits per heavy atom. The number of benzene rings is 2. The van der Waals surface area contributed by atoms with E-state index >= 15 is 0 Å². The molecule has 3 atom stereocenters.